The Labute approximate surface area is 104 Å². The van der Waals surface area contributed by atoms with E-state index in [1.165, 1.54) is 0 Å². The molecule has 1 aromatic carbocycles. The van der Waals surface area contributed by atoms with Crippen LogP contribution in [0.4, 0.5) is 0 Å². The number of Topliss-reactive ketones (excluding diaryl/α,β-unsaturated/α-hetero) is 1. The van der Waals surface area contributed by atoms with Crippen LogP contribution in [-0.2, 0) is 4.79 Å². The van der Waals surface area contributed by atoms with Gasteiger partial charge >= 0.3 is 0 Å². The summed E-state index contributed by atoms with van der Waals surface area (Å²) in [6.07, 6.45) is 2.95. The smallest absolute Gasteiger partial charge is 0.254 e. The number of carbonyl (C=O) groups excluding carboxylic acids is 2. The maximum absolute atomic E-state index is 12.3. The van der Waals surface area contributed by atoms with Gasteiger partial charge in [-0.3, -0.25) is 9.59 Å². The van der Waals surface area contributed by atoms with E-state index in [1.807, 2.05) is 6.07 Å². The number of fused-ring (bicyclic) bond motifs is 1. The van der Waals surface area contributed by atoms with Gasteiger partial charge in [-0.05, 0) is 24.6 Å². The Morgan fingerprint density at radius 3 is 3.11 bits per heavy atom. The van der Waals surface area contributed by atoms with Crippen molar-refractivity contribution in [1.82, 2.24) is 14.9 Å². The molecule has 3 rings (SSSR count). The molecular weight excluding hydrogens is 230 g/mol. The van der Waals surface area contributed by atoms with Gasteiger partial charge < -0.3 is 9.88 Å². The lowest BCUT2D eigenvalue weighted by Crippen LogP contribution is -2.40. The Balaban J connectivity index is 1.88. The number of H-pyrrole nitrogens is 1. The molecule has 5 heteroatoms. The van der Waals surface area contributed by atoms with Gasteiger partial charge in [0.15, 0.2) is 5.78 Å². The number of imidazole rings is 1. The average Bonchev–Trinajstić information content (AvgIpc) is 2.85. The van der Waals surface area contributed by atoms with E-state index in [9.17, 15) is 9.59 Å². The standard InChI is InChI=1S/C13H13N3O2/c17-10-2-1-5-16(7-10)13(18)9-3-4-11-12(6-9)15-8-14-11/h3-4,6,8H,1-2,5,7H2,(H,14,15). The third-order valence-corrected chi connectivity index (χ3v) is 3.21. The number of aromatic amines is 1. The highest BCUT2D eigenvalue weighted by Gasteiger charge is 2.22. The molecule has 1 saturated heterocycles. The molecule has 2 aromatic rings. The first kappa shape index (κ1) is 11.0. The van der Waals surface area contributed by atoms with Crippen molar-refractivity contribution in [1.29, 1.82) is 0 Å². The summed E-state index contributed by atoms with van der Waals surface area (Å²) in [6, 6.07) is 5.35. The van der Waals surface area contributed by atoms with Gasteiger partial charge in [0.2, 0.25) is 0 Å². The summed E-state index contributed by atoms with van der Waals surface area (Å²) in [7, 11) is 0. The predicted octanol–water partition coefficient (Wildman–Crippen LogP) is 1.37. The van der Waals surface area contributed by atoms with E-state index in [0.29, 0.717) is 18.5 Å². The topological polar surface area (TPSA) is 66.1 Å². The molecule has 0 aliphatic carbocycles. The van der Waals surface area contributed by atoms with Crippen molar-refractivity contribution in [2.24, 2.45) is 0 Å². The van der Waals surface area contributed by atoms with Crippen molar-refractivity contribution in [2.75, 3.05) is 13.1 Å². The first-order valence-electron chi connectivity index (χ1n) is 5.98. The van der Waals surface area contributed by atoms with Crippen LogP contribution in [0.25, 0.3) is 11.0 Å². The number of rotatable bonds is 1. The maximum atomic E-state index is 12.3. The molecule has 5 nitrogen and oxygen atoms in total. The molecule has 18 heavy (non-hydrogen) atoms. The lowest BCUT2D eigenvalue weighted by Gasteiger charge is -2.25. The van der Waals surface area contributed by atoms with E-state index in [1.54, 1.807) is 23.4 Å². The van der Waals surface area contributed by atoms with Crippen LogP contribution < -0.4 is 0 Å². The molecule has 1 amide bonds. The van der Waals surface area contributed by atoms with Crippen LogP contribution in [0, 0.1) is 0 Å². The number of benzene rings is 1. The second-order valence-corrected chi connectivity index (χ2v) is 4.50. The molecule has 1 N–H and O–H groups in total. The summed E-state index contributed by atoms with van der Waals surface area (Å²) in [6.45, 7) is 0.894. The zero-order valence-electron chi connectivity index (χ0n) is 9.85. The van der Waals surface area contributed by atoms with Crippen molar-refractivity contribution in [2.45, 2.75) is 12.8 Å². The number of likely N-dealkylation sites (tertiary alicyclic amines) is 1. The molecule has 1 aromatic heterocycles. The molecule has 1 aliphatic rings. The van der Waals surface area contributed by atoms with E-state index in [-0.39, 0.29) is 18.2 Å². The monoisotopic (exact) mass is 243 g/mol. The van der Waals surface area contributed by atoms with Crippen LogP contribution >= 0.6 is 0 Å². The third-order valence-electron chi connectivity index (χ3n) is 3.21. The number of hydrogen-bond acceptors (Lipinski definition) is 3. The highest BCUT2D eigenvalue weighted by Crippen LogP contribution is 2.15. The first-order valence-corrected chi connectivity index (χ1v) is 5.98. The number of nitrogens with zero attached hydrogens (tertiary/aromatic N) is 2. The normalized spacial score (nSPS) is 16.2. The maximum Gasteiger partial charge on any atom is 0.254 e. The van der Waals surface area contributed by atoms with Gasteiger partial charge in [0, 0.05) is 18.5 Å². The number of ketones is 1. The van der Waals surface area contributed by atoms with Gasteiger partial charge in [-0.1, -0.05) is 0 Å². The molecule has 0 bridgehead atoms. The summed E-state index contributed by atoms with van der Waals surface area (Å²) in [5.41, 5.74) is 2.27. The van der Waals surface area contributed by atoms with Crippen LogP contribution in [0.1, 0.15) is 23.2 Å². The van der Waals surface area contributed by atoms with Gasteiger partial charge in [-0.2, -0.15) is 0 Å². The highest BCUT2D eigenvalue weighted by molar-refractivity contribution is 5.99. The quantitative estimate of drug-likeness (QED) is 0.822. The minimum absolute atomic E-state index is 0.0837. The average molecular weight is 243 g/mol. The molecular formula is C13H13N3O2. The largest absolute Gasteiger partial charge is 0.345 e. The van der Waals surface area contributed by atoms with Gasteiger partial charge in [-0.25, -0.2) is 4.98 Å². The van der Waals surface area contributed by atoms with Crippen LogP contribution in [0.15, 0.2) is 24.5 Å². The Morgan fingerprint density at radius 1 is 1.39 bits per heavy atom. The second-order valence-electron chi connectivity index (χ2n) is 4.50. The summed E-state index contributed by atoms with van der Waals surface area (Å²) < 4.78 is 0. The number of nitrogens with one attached hydrogen (secondary N) is 1. The molecule has 1 aliphatic heterocycles. The molecule has 0 saturated carbocycles. The number of aromatic nitrogens is 2. The highest BCUT2D eigenvalue weighted by atomic mass is 16.2. The lowest BCUT2D eigenvalue weighted by molar-refractivity contribution is -0.121. The zero-order valence-corrected chi connectivity index (χ0v) is 9.85. The van der Waals surface area contributed by atoms with E-state index in [4.69, 9.17) is 0 Å². The predicted molar refractivity (Wildman–Crippen MR) is 66.2 cm³/mol. The second kappa shape index (κ2) is 4.25. The minimum atomic E-state index is -0.0837. The molecule has 0 unspecified atom stereocenters. The minimum Gasteiger partial charge on any atom is -0.345 e. The zero-order chi connectivity index (χ0) is 12.5. The van der Waals surface area contributed by atoms with Crippen molar-refractivity contribution in [3.63, 3.8) is 0 Å². The van der Waals surface area contributed by atoms with Gasteiger partial charge in [0.25, 0.3) is 5.91 Å². The van der Waals surface area contributed by atoms with Crippen molar-refractivity contribution < 1.29 is 9.59 Å². The molecule has 0 radical (unpaired) electrons. The van der Waals surface area contributed by atoms with E-state index >= 15 is 0 Å². The number of amides is 1. The Bertz CT molecular complexity index is 617. The Morgan fingerprint density at radius 2 is 2.28 bits per heavy atom. The van der Waals surface area contributed by atoms with Gasteiger partial charge in [0.1, 0.15) is 0 Å². The van der Waals surface area contributed by atoms with E-state index in [0.717, 1.165) is 17.5 Å². The summed E-state index contributed by atoms with van der Waals surface area (Å²) in [5.74, 6) is 0.0526. The summed E-state index contributed by atoms with van der Waals surface area (Å²) in [5, 5.41) is 0. The van der Waals surface area contributed by atoms with Crippen molar-refractivity contribution in [3.05, 3.63) is 30.1 Å². The molecule has 0 spiro atoms. The fourth-order valence-electron chi connectivity index (χ4n) is 2.26. The van der Waals surface area contributed by atoms with E-state index < -0.39 is 0 Å². The van der Waals surface area contributed by atoms with Crippen LogP contribution in [-0.4, -0.2) is 39.6 Å². The Kier molecular flexibility index (Phi) is 2.59. The number of carbonyl (C=O) groups is 2. The molecule has 92 valence electrons. The van der Waals surface area contributed by atoms with Crippen molar-refractivity contribution >= 4 is 22.7 Å². The number of piperidine rings is 1. The Hall–Kier alpha value is -2.17. The molecule has 1 fully saturated rings. The van der Waals surface area contributed by atoms with Gasteiger partial charge in [0.05, 0.1) is 23.9 Å². The fraction of sp³-hybridized carbons (Fsp3) is 0.308. The number of hydrogen-bond donors (Lipinski definition) is 1. The van der Waals surface area contributed by atoms with Crippen LogP contribution in [0.3, 0.4) is 0 Å². The fourth-order valence-corrected chi connectivity index (χ4v) is 2.26. The SMILES string of the molecule is O=C1CCCN(C(=O)c2ccc3nc[nH]c3c2)C1. The molecule has 2 heterocycles. The lowest BCUT2D eigenvalue weighted by atomic mass is 10.1. The third kappa shape index (κ3) is 1.88. The molecule has 0 atom stereocenters. The van der Waals surface area contributed by atoms with Gasteiger partial charge in [-0.15, -0.1) is 0 Å². The first-order chi connectivity index (χ1) is 8.74. The van der Waals surface area contributed by atoms with Crippen molar-refractivity contribution in [3.8, 4) is 0 Å². The van der Waals surface area contributed by atoms with Crippen LogP contribution in [0.5, 0.6) is 0 Å². The van der Waals surface area contributed by atoms with Crippen LogP contribution in [0.2, 0.25) is 0 Å². The summed E-state index contributed by atoms with van der Waals surface area (Å²) in [4.78, 5) is 32.3. The van der Waals surface area contributed by atoms with E-state index in [2.05, 4.69) is 9.97 Å². The summed E-state index contributed by atoms with van der Waals surface area (Å²) >= 11 is 0.